The van der Waals surface area contributed by atoms with Crippen LogP contribution in [-0.2, 0) is 6.54 Å². The lowest BCUT2D eigenvalue weighted by atomic mass is 10.2. The van der Waals surface area contributed by atoms with Crippen LogP contribution >= 0.6 is 11.6 Å². The summed E-state index contributed by atoms with van der Waals surface area (Å²) < 4.78 is 2.18. The lowest BCUT2D eigenvalue weighted by Gasteiger charge is -2.01. The van der Waals surface area contributed by atoms with Gasteiger partial charge in [-0.25, -0.2) is 0 Å². The van der Waals surface area contributed by atoms with Crippen LogP contribution in [0.15, 0.2) is 42.6 Å². The number of allylic oxidation sites excluding steroid dienone is 2. The average molecular weight is 206 g/mol. The van der Waals surface area contributed by atoms with E-state index in [0.717, 1.165) is 11.6 Å². The first kappa shape index (κ1) is 9.35. The second kappa shape index (κ2) is 3.89. The highest BCUT2D eigenvalue weighted by atomic mass is 35.5. The standard InChI is InChI=1S/C12H12ClN/c1-2-3-7-14-8-6-10-4-5-11(13)9-12(10)14/h2-6,8-9H,7H2,1H3/b3-2+. The summed E-state index contributed by atoms with van der Waals surface area (Å²) >= 11 is 5.95. The summed E-state index contributed by atoms with van der Waals surface area (Å²) in [7, 11) is 0. The number of rotatable bonds is 2. The first-order chi connectivity index (χ1) is 6.81. The molecule has 1 aromatic carbocycles. The maximum absolute atomic E-state index is 5.95. The van der Waals surface area contributed by atoms with E-state index in [1.54, 1.807) is 0 Å². The monoisotopic (exact) mass is 205 g/mol. The second-order valence-corrected chi connectivity index (χ2v) is 3.68. The molecule has 0 radical (unpaired) electrons. The van der Waals surface area contributed by atoms with Gasteiger partial charge >= 0.3 is 0 Å². The summed E-state index contributed by atoms with van der Waals surface area (Å²) in [4.78, 5) is 0. The maximum Gasteiger partial charge on any atom is 0.0498 e. The molecule has 0 aliphatic carbocycles. The summed E-state index contributed by atoms with van der Waals surface area (Å²) in [5, 5.41) is 2.02. The minimum absolute atomic E-state index is 0.790. The molecular formula is C12H12ClN. The Morgan fingerprint density at radius 3 is 3.00 bits per heavy atom. The van der Waals surface area contributed by atoms with E-state index in [2.05, 4.69) is 29.0 Å². The lowest BCUT2D eigenvalue weighted by Crippen LogP contribution is -1.91. The topological polar surface area (TPSA) is 4.93 Å². The van der Waals surface area contributed by atoms with Crippen molar-refractivity contribution in [3.05, 3.63) is 47.6 Å². The lowest BCUT2D eigenvalue weighted by molar-refractivity contribution is 0.862. The van der Waals surface area contributed by atoms with Crippen LogP contribution < -0.4 is 0 Å². The van der Waals surface area contributed by atoms with Crippen LogP contribution in [0.3, 0.4) is 0 Å². The zero-order chi connectivity index (χ0) is 9.97. The summed E-state index contributed by atoms with van der Waals surface area (Å²) in [6.07, 6.45) is 6.26. The molecule has 2 rings (SSSR count). The fraction of sp³-hybridized carbons (Fsp3) is 0.167. The van der Waals surface area contributed by atoms with Crippen molar-refractivity contribution in [2.75, 3.05) is 0 Å². The molecular weight excluding hydrogens is 194 g/mol. The van der Waals surface area contributed by atoms with Crippen LogP contribution in [0.1, 0.15) is 6.92 Å². The molecule has 0 aliphatic heterocycles. The Balaban J connectivity index is 2.49. The minimum Gasteiger partial charge on any atom is -0.344 e. The Hall–Kier alpha value is -1.21. The highest BCUT2D eigenvalue weighted by Gasteiger charge is 1.99. The zero-order valence-electron chi connectivity index (χ0n) is 8.07. The van der Waals surface area contributed by atoms with Crippen molar-refractivity contribution in [3.8, 4) is 0 Å². The van der Waals surface area contributed by atoms with Crippen LogP contribution in [0.2, 0.25) is 5.02 Å². The normalized spacial score (nSPS) is 11.6. The highest BCUT2D eigenvalue weighted by molar-refractivity contribution is 6.31. The molecule has 0 atom stereocenters. The second-order valence-electron chi connectivity index (χ2n) is 3.24. The van der Waals surface area contributed by atoms with Gasteiger partial charge in [0.25, 0.3) is 0 Å². The molecule has 1 heterocycles. The summed E-state index contributed by atoms with van der Waals surface area (Å²) in [5.74, 6) is 0. The molecule has 1 nitrogen and oxygen atoms in total. The Kier molecular flexibility index (Phi) is 2.60. The van der Waals surface area contributed by atoms with Crippen molar-refractivity contribution in [1.29, 1.82) is 0 Å². The summed E-state index contributed by atoms with van der Waals surface area (Å²) in [6.45, 7) is 2.93. The molecule has 0 unspecified atom stereocenters. The Labute approximate surface area is 88.6 Å². The van der Waals surface area contributed by atoms with Crippen LogP contribution in [-0.4, -0.2) is 4.57 Å². The van der Waals surface area contributed by atoms with Gasteiger partial charge in [-0.3, -0.25) is 0 Å². The van der Waals surface area contributed by atoms with E-state index in [9.17, 15) is 0 Å². The SMILES string of the molecule is C/C=C/Cn1ccc2ccc(Cl)cc21. The van der Waals surface area contributed by atoms with Gasteiger partial charge in [0.15, 0.2) is 0 Å². The summed E-state index contributed by atoms with van der Waals surface area (Å²) in [6, 6.07) is 8.07. The average Bonchev–Trinajstić information content (AvgIpc) is 2.57. The quantitative estimate of drug-likeness (QED) is 0.656. The van der Waals surface area contributed by atoms with Gasteiger partial charge in [-0.15, -0.1) is 0 Å². The molecule has 0 bridgehead atoms. The van der Waals surface area contributed by atoms with Crippen molar-refractivity contribution < 1.29 is 0 Å². The number of benzene rings is 1. The number of hydrogen-bond donors (Lipinski definition) is 0. The Morgan fingerprint density at radius 1 is 1.36 bits per heavy atom. The number of fused-ring (bicyclic) bond motifs is 1. The third-order valence-electron chi connectivity index (χ3n) is 2.27. The highest BCUT2D eigenvalue weighted by Crippen LogP contribution is 2.20. The van der Waals surface area contributed by atoms with Gasteiger partial charge in [-0.1, -0.05) is 29.8 Å². The van der Waals surface area contributed by atoms with Gasteiger partial charge in [-0.2, -0.15) is 0 Å². The van der Waals surface area contributed by atoms with Crippen molar-refractivity contribution in [1.82, 2.24) is 4.57 Å². The summed E-state index contributed by atoms with van der Waals surface area (Å²) in [5.41, 5.74) is 1.19. The van der Waals surface area contributed by atoms with Crippen LogP contribution in [0.4, 0.5) is 0 Å². The van der Waals surface area contributed by atoms with E-state index in [1.807, 2.05) is 25.1 Å². The van der Waals surface area contributed by atoms with Crippen LogP contribution in [0.5, 0.6) is 0 Å². The molecule has 0 aliphatic rings. The molecule has 0 N–H and O–H groups in total. The third-order valence-corrected chi connectivity index (χ3v) is 2.51. The molecule has 1 aromatic heterocycles. The molecule has 0 spiro atoms. The van der Waals surface area contributed by atoms with Crippen molar-refractivity contribution in [3.63, 3.8) is 0 Å². The Bertz CT molecular complexity index is 468. The molecule has 14 heavy (non-hydrogen) atoms. The first-order valence-corrected chi connectivity index (χ1v) is 5.04. The molecule has 2 aromatic rings. The largest absolute Gasteiger partial charge is 0.344 e. The predicted octanol–water partition coefficient (Wildman–Crippen LogP) is 3.87. The van der Waals surface area contributed by atoms with E-state index in [-0.39, 0.29) is 0 Å². The van der Waals surface area contributed by atoms with E-state index in [1.165, 1.54) is 10.9 Å². The number of hydrogen-bond acceptors (Lipinski definition) is 0. The zero-order valence-corrected chi connectivity index (χ0v) is 8.83. The van der Waals surface area contributed by atoms with E-state index >= 15 is 0 Å². The molecule has 0 saturated heterocycles. The predicted molar refractivity (Wildman–Crippen MR) is 61.8 cm³/mol. The fourth-order valence-electron chi connectivity index (χ4n) is 1.54. The van der Waals surface area contributed by atoms with E-state index in [0.29, 0.717) is 0 Å². The Morgan fingerprint density at radius 2 is 2.21 bits per heavy atom. The smallest absolute Gasteiger partial charge is 0.0498 e. The van der Waals surface area contributed by atoms with Gasteiger partial charge in [0.2, 0.25) is 0 Å². The third kappa shape index (κ3) is 1.68. The van der Waals surface area contributed by atoms with E-state index < -0.39 is 0 Å². The van der Waals surface area contributed by atoms with Gasteiger partial charge in [0.1, 0.15) is 0 Å². The maximum atomic E-state index is 5.95. The molecule has 0 saturated carbocycles. The van der Waals surface area contributed by atoms with Gasteiger partial charge < -0.3 is 4.57 Å². The number of nitrogens with zero attached hydrogens (tertiary/aromatic N) is 1. The molecule has 72 valence electrons. The van der Waals surface area contributed by atoms with E-state index in [4.69, 9.17) is 11.6 Å². The van der Waals surface area contributed by atoms with Crippen LogP contribution in [0, 0.1) is 0 Å². The number of halogens is 1. The fourth-order valence-corrected chi connectivity index (χ4v) is 1.70. The first-order valence-electron chi connectivity index (χ1n) is 4.67. The molecule has 0 amide bonds. The van der Waals surface area contributed by atoms with Gasteiger partial charge in [0.05, 0.1) is 0 Å². The van der Waals surface area contributed by atoms with Crippen LogP contribution in [0.25, 0.3) is 10.9 Å². The molecule has 0 fully saturated rings. The van der Waals surface area contributed by atoms with Gasteiger partial charge in [0, 0.05) is 23.3 Å². The number of aromatic nitrogens is 1. The van der Waals surface area contributed by atoms with Crippen molar-refractivity contribution >= 4 is 22.5 Å². The van der Waals surface area contributed by atoms with Gasteiger partial charge in [-0.05, 0) is 30.5 Å². The van der Waals surface area contributed by atoms with Crippen molar-refractivity contribution in [2.24, 2.45) is 0 Å². The van der Waals surface area contributed by atoms with Crippen molar-refractivity contribution in [2.45, 2.75) is 13.5 Å². The minimum atomic E-state index is 0.790. The molecule has 2 heteroatoms.